The lowest BCUT2D eigenvalue weighted by Gasteiger charge is -2.20. The van der Waals surface area contributed by atoms with E-state index in [0.717, 1.165) is 43.2 Å². The third kappa shape index (κ3) is 4.34. The number of hydrogen-bond acceptors (Lipinski definition) is 5. The van der Waals surface area contributed by atoms with Gasteiger partial charge < -0.3 is 19.5 Å². The van der Waals surface area contributed by atoms with Crippen molar-refractivity contribution in [2.45, 2.75) is 19.5 Å². The summed E-state index contributed by atoms with van der Waals surface area (Å²) in [6.07, 6.45) is -4.66. The molecule has 0 radical (unpaired) electrons. The number of benzene rings is 2. The first kappa shape index (κ1) is 19.5. The summed E-state index contributed by atoms with van der Waals surface area (Å²) in [5.41, 5.74) is 2.02. The van der Waals surface area contributed by atoms with Gasteiger partial charge >= 0.3 is 6.36 Å². The van der Waals surface area contributed by atoms with Crippen molar-refractivity contribution in [3.05, 3.63) is 53.6 Å². The van der Waals surface area contributed by atoms with Crippen LogP contribution in [0.5, 0.6) is 17.2 Å². The summed E-state index contributed by atoms with van der Waals surface area (Å²) in [5, 5.41) is 3.39. The average molecular weight is 420 g/mol. The number of fused-ring (bicyclic) bond motifs is 2. The van der Waals surface area contributed by atoms with Gasteiger partial charge in [-0.1, -0.05) is 18.2 Å². The lowest BCUT2D eigenvalue weighted by molar-refractivity contribution is -0.274. The van der Waals surface area contributed by atoms with Crippen molar-refractivity contribution >= 4 is 0 Å². The zero-order valence-corrected chi connectivity index (χ0v) is 16.3. The maximum atomic E-state index is 12.3. The summed E-state index contributed by atoms with van der Waals surface area (Å²) >= 11 is 0. The number of alkyl halides is 3. The highest BCUT2D eigenvalue weighted by molar-refractivity contribution is 5.44. The SMILES string of the molecule is FC(F)(F)Oc1cccc(CNCC2C3CN(Cc4ccc5c(c4)OCO5)CC23)c1. The van der Waals surface area contributed by atoms with Crippen LogP contribution in [0.15, 0.2) is 42.5 Å². The van der Waals surface area contributed by atoms with Crippen LogP contribution >= 0.6 is 0 Å². The average Bonchev–Trinajstić information content (AvgIpc) is 3.04. The van der Waals surface area contributed by atoms with Crippen LogP contribution in [-0.2, 0) is 13.1 Å². The first-order valence-electron chi connectivity index (χ1n) is 10.1. The van der Waals surface area contributed by atoms with Crippen LogP contribution in [0.2, 0.25) is 0 Å². The molecule has 2 aliphatic heterocycles. The fourth-order valence-corrected chi connectivity index (χ4v) is 4.70. The van der Waals surface area contributed by atoms with Gasteiger partial charge in [0.1, 0.15) is 5.75 Å². The van der Waals surface area contributed by atoms with Crippen LogP contribution < -0.4 is 19.5 Å². The Kier molecular flexibility index (Phi) is 4.99. The van der Waals surface area contributed by atoms with Gasteiger partial charge in [0.05, 0.1) is 0 Å². The van der Waals surface area contributed by atoms with Gasteiger partial charge in [0.25, 0.3) is 0 Å². The summed E-state index contributed by atoms with van der Waals surface area (Å²) in [6, 6.07) is 12.2. The topological polar surface area (TPSA) is 43.0 Å². The molecule has 1 N–H and O–H groups in total. The van der Waals surface area contributed by atoms with E-state index in [0.29, 0.717) is 31.1 Å². The molecule has 2 fully saturated rings. The molecule has 0 spiro atoms. The van der Waals surface area contributed by atoms with E-state index in [1.54, 1.807) is 12.1 Å². The molecule has 30 heavy (non-hydrogen) atoms. The van der Waals surface area contributed by atoms with E-state index in [1.165, 1.54) is 17.7 Å². The molecular weight excluding hydrogens is 397 g/mol. The normalized spacial score (nSPS) is 24.7. The monoisotopic (exact) mass is 420 g/mol. The second-order valence-corrected chi connectivity index (χ2v) is 8.20. The van der Waals surface area contributed by atoms with E-state index >= 15 is 0 Å². The number of hydrogen-bond donors (Lipinski definition) is 1. The Balaban J connectivity index is 1.05. The molecule has 3 aliphatic rings. The lowest BCUT2D eigenvalue weighted by atomic mass is 10.1. The van der Waals surface area contributed by atoms with Crippen LogP contribution in [0.1, 0.15) is 11.1 Å². The van der Waals surface area contributed by atoms with E-state index in [9.17, 15) is 13.2 Å². The Labute approximate surface area is 172 Å². The molecule has 5 rings (SSSR count). The van der Waals surface area contributed by atoms with Crippen molar-refractivity contribution in [1.29, 1.82) is 0 Å². The second kappa shape index (κ2) is 7.67. The number of ether oxygens (including phenoxy) is 3. The maximum absolute atomic E-state index is 12.3. The fourth-order valence-electron chi connectivity index (χ4n) is 4.70. The first-order valence-corrected chi connectivity index (χ1v) is 10.1. The number of nitrogens with one attached hydrogen (secondary N) is 1. The van der Waals surface area contributed by atoms with Crippen LogP contribution in [0.3, 0.4) is 0 Å². The zero-order chi connectivity index (χ0) is 20.7. The highest BCUT2D eigenvalue weighted by atomic mass is 19.4. The molecule has 0 amide bonds. The van der Waals surface area contributed by atoms with Crippen molar-refractivity contribution in [2.24, 2.45) is 17.8 Å². The van der Waals surface area contributed by atoms with Gasteiger partial charge in [0, 0.05) is 26.2 Å². The summed E-state index contributed by atoms with van der Waals surface area (Å²) in [6.45, 7) is 4.79. The summed E-state index contributed by atoms with van der Waals surface area (Å²) in [5.74, 6) is 3.50. The van der Waals surface area contributed by atoms with Crippen LogP contribution in [-0.4, -0.2) is 37.7 Å². The number of rotatable bonds is 7. The highest BCUT2D eigenvalue weighted by Gasteiger charge is 2.54. The third-order valence-corrected chi connectivity index (χ3v) is 6.13. The predicted molar refractivity (Wildman–Crippen MR) is 103 cm³/mol. The predicted octanol–water partition coefficient (Wildman–Crippen LogP) is 3.78. The van der Waals surface area contributed by atoms with Gasteiger partial charge in [-0.05, 0) is 59.7 Å². The minimum Gasteiger partial charge on any atom is -0.454 e. The molecule has 8 heteroatoms. The Morgan fingerprint density at radius 3 is 2.60 bits per heavy atom. The van der Waals surface area contributed by atoms with E-state index < -0.39 is 6.36 Å². The molecule has 2 unspecified atom stereocenters. The smallest absolute Gasteiger partial charge is 0.454 e. The summed E-state index contributed by atoms with van der Waals surface area (Å²) in [4.78, 5) is 2.47. The molecule has 2 atom stereocenters. The van der Waals surface area contributed by atoms with Crippen LogP contribution in [0.25, 0.3) is 0 Å². The lowest BCUT2D eigenvalue weighted by Crippen LogP contribution is -2.27. The van der Waals surface area contributed by atoms with Gasteiger partial charge in [0.2, 0.25) is 6.79 Å². The van der Waals surface area contributed by atoms with Gasteiger partial charge in [-0.25, -0.2) is 0 Å². The van der Waals surface area contributed by atoms with Crippen molar-refractivity contribution in [3.8, 4) is 17.2 Å². The Hall–Kier alpha value is -2.45. The second-order valence-electron chi connectivity index (χ2n) is 8.20. The number of likely N-dealkylation sites (tertiary alicyclic amines) is 1. The molecule has 2 aromatic carbocycles. The maximum Gasteiger partial charge on any atom is 0.573 e. The van der Waals surface area contributed by atoms with Crippen molar-refractivity contribution in [2.75, 3.05) is 26.4 Å². The minimum absolute atomic E-state index is 0.177. The van der Waals surface area contributed by atoms with E-state index in [2.05, 4.69) is 27.1 Å². The fraction of sp³-hybridized carbons (Fsp3) is 0.455. The summed E-state index contributed by atoms with van der Waals surface area (Å²) < 4.78 is 51.8. The van der Waals surface area contributed by atoms with Crippen LogP contribution in [0, 0.1) is 17.8 Å². The highest BCUT2D eigenvalue weighted by Crippen LogP contribution is 2.51. The molecule has 2 heterocycles. The van der Waals surface area contributed by atoms with Crippen LogP contribution in [0.4, 0.5) is 13.2 Å². The van der Waals surface area contributed by atoms with Crippen molar-refractivity contribution < 1.29 is 27.4 Å². The summed E-state index contributed by atoms with van der Waals surface area (Å²) in [7, 11) is 0. The molecule has 0 aromatic heterocycles. The van der Waals surface area contributed by atoms with Crippen molar-refractivity contribution in [3.63, 3.8) is 0 Å². The number of piperidine rings is 1. The van der Waals surface area contributed by atoms with Gasteiger partial charge in [-0.15, -0.1) is 13.2 Å². The largest absolute Gasteiger partial charge is 0.573 e. The molecule has 1 saturated heterocycles. The quantitative estimate of drug-likeness (QED) is 0.739. The molecule has 1 saturated carbocycles. The van der Waals surface area contributed by atoms with E-state index in [-0.39, 0.29) is 5.75 Å². The molecule has 0 bridgehead atoms. The van der Waals surface area contributed by atoms with Crippen molar-refractivity contribution in [1.82, 2.24) is 10.2 Å². The Morgan fingerprint density at radius 1 is 1.00 bits per heavy atom. The molecule has 5 nitrogen and oxygen atoms in total. The zero-order valence-electron chi connectivity index (χ0n) is 16.3. The number of halogens is 3. The standard InChI is InChI=1S/C22H23F3N2O3/c23-22(24,25)30-16-3-1-2-14(6-16)8-26-9-17-18-11-27(12-19(17)18)10-15-4-5-20-21(7-15)29-13-28-20/h1-7,17-19,26H,8-13H2. The Morgan fingerprint density at radius 2 is 1.80 bits per heavy atom. The molecule has 1 aliphatic carbocycles. The molecule has 160 valence electrons. The van der Waals surface area contributed by atoms with Gasteiger partial charge in [-0.3, -0.25) is 4.90 Å². The minimum atomic E-state index is -4.66. The van der Waals surface area contributed by atoms with Gasteiger partial charge in [-0.2, -0.15) is 0 Å². The van der Waals surface area contributed by atoms with Gasteiger partial charge in [0.15, 0.2) is 11.5 Å². The first-order chi connectivity index (χ1) is 14.4. The van der Waals surface area contributed by atoms with E-state index in [4.69, 9.17) is 9.47 Å². The molecular formula is C22H23F3N2O3. The molecule has 2 aromatic rings. The Bertz CT molecular complexity index is 909. The van der Waals surface area contributed by atoms with E-state index in [1.807, 2.05) is 6.07 Å². The number of nitrogens with zero attached hydrogens (tertiary/aromatic N) is 1. The third-order valence-electron chi connectivity index (χ3n) is 6.13.